The Bertz CT molecular complexity index is 333. The molecule has 0 radical (unpaired) electrons. The maximum Gasteiger partial charge on any atom is 0.123 e. The quantitative estimate of drug-likeness (QED) is 0.806. The van der Waals surface area contributed by atoms with Crippen molar-refractivity contribution in [1.82, 2.24) is 5.32 Å². The smallest absolute Gasteiger partial charge is 0.123 e. The van der Waals surface area contributed by atoms with Crippen molar-refractivity contribution in [2.45, 2.75) is 25.9 Å². The summed E-state index contributed by atoms with van der Waals surface area (Å²) in [6.07, 6.45) is 3.14. The van der Waals surface area contributed by atoms with Crippen molar-refractivity contribution in [2.75, 3.05) is 12.0 Å². The highest BCUT2D eigenvalue weighted by Crippen LogP contribution is 2.17. The van der Waals surface area contributed by atoms with Crippen molar-refractivity contribution < 1.29 is 9.50 Å². The fraction of sp³-hybridized carbons (Fsp3) is 0.500. The Labute approximate surface area is 100 Å². The monoisotopic (exact) mass is 243 g/mol. The van der Waals surface area contributed by atoms with Gasteiger partial charge in [-0.05, 0) is 43.6 Å². The number of benzene rings is 1. The fourth-order valence-electron chi connectivity index (χ4n) is 1.38. The Morgan fingerprint density at radius 1 is 1.50 bits per heavy atom. The molecule has 1 aromatic carbocycles. The van der Waals surface area contributed by atoms with E-state index in [1.165, 1.54) is 18.2 Å². The van der Waals surface area contributed by atoms with Gasteiger partial charge in [0.15, 0.2) is 0 Å². The molecule has 0 spiro atoms. The third-order valence-electron chi connectivity index (χ3n) is 2.44. The van der Waals surface area contributed by atoms with Crippen LogP contribution in [0.4, 0.5) is 4.39 Å². The highest BCUT2D eigenvalue weighted by Gasteiger charge is 2.05. The van der Waals surface area contributed by atoms with Crippen LogP contribution >= 0.6 is 11.8 Å². The summed E-state index contributed by atoms with van der Waals surface area (Å²) < 4.78 is 12.9. The van der Waals surface area contributed by atoms with Crippen LogP contribution in [0.3, 0.4) is 0 Å². The molecule has 2 nitrogen and oxygen atoms in total. The summed E-state index contributed by atoms with van der Waals surface area (Å²) in [7, 11) is 0. The Morgan fingerprint density at radius 3 is 2.94 bits per heavy atom. The maximum atomic E-state index is 12.9. The van der Waals surface area contributed by atoms with Crippen LogP contribution in [-0.4, -0.2) is 23.2 Å². The summed E-state index contributed by atoms with van der Waals surface area (Å²) >= 11 is 1.81. The van der Waals surface area contributed by atoms with Crippen molar-refractivity contribution in [2.24, 2.45) is 0 Å². The molecule has 0 aliphatic rings. The molecule has 0 saturated carbocycles. The van der Waals surface area contributed by atoms with Crippen molar-refractivity contribution in [3.05, 3.63) is 29.6 Å². The normalized spacial score (nSPS) is 12.7. The van der Waals surface area contributed by atoms with Gasteiger partial charge in [0.2, 0.25) is 0 Å². The molecule has 4 heteroatoms. The van der Waals surface area contributed by atoms with E-state index in [0.29, 0.717) is 18.2 Å². The predicted molar refractivity (Wildman–Crippen MR) is 67.4 cm³/mol. The first-order valence-electron chi connectivity index (χ1n) is 5.33. The van der Waals surface area contributed by atoms with E-state index < -0.39 is 0 Å². The minimum Gasteiger partial charge on any atom is -0.508 e. The molecular weight excluding hydrogens is 225 g/mol. The van der Waals surface area contributed by atoms with Crippen molar-refractivity contribution >= 4 is 11.8 Å². The zero-order chi connectivity index (χ0) is 12.0. The van der Waals surface area contributed by atoms with Crippen LogP contribution in [0.5, 0.6) is 5.75 Å². The summed E-state index contributed by atoms with van der Waals surface area (Å²) in [5.74, 6) is 0.931. The van der Waals surface area contributed by atoms with Gasteiger partial charge >= 0.3 is 0 Å². The van der Waals surface area contributed by atoms with Crippen molar-refractivity contribution in [3.63, 3.8) is 0 Å². The van der Waals surface area contributed by atoms with Gasteiger partial charge in [-0.2, -0.15) is 11.8 Å². The molecule has 90 valence electrons. The molecule has 0 aliphatic heterocycles. The lowest BCUT2D eigenvalue weighted by Gasteiger charge is -2.13. The minimum absolute atomic E-state index is 0.144. The zero-order valence-corrected chi connectivity index (χ0v) is 10.5. The molecule has 0 heterocycles. The number of aromatic hydroxyl groups is 1. The van der Waals surface area contributed by atoms with Crippen molar-refractivity contribution in [3.8, 4) is 5.75 Å². The lowest BCUT2D eigenvalue weighted by Crippen LogP contribution is -2.26. The van der Waals surface area contributed by atoms with Gasteiger partial charge in [0.1, 0.15) is 11.6 Å². The van der Waals surface area contributed by atoms with E-state index in [1.807, 2.05) is 11.8 Å². The summed E-state index contributed by atoms with van der Waals surface area (Å²) in [6.45, 7) is 2.59. The first kappa shape index (κ1) is 13.3. The second kappa shape index (κ2) is 6.76. The third kappa shape index (κ3) is 4.41. The van der Waals surface area contributed by atoms with Crippen LogP contribution in [0.1, 0.15) is 18.9 Å². The molecule has 1 unspecified atom stereocenters. The van der Waals surface area contributed by atoms with Gasteiger partial charge in [0, 0.05) is 18.2 Å². The SMILES string of the molecule is CSCCC(C)NCc1cc(F)ccc1O. The van der Waals surface area contributed by atoms with Crippen molar-refractivity contribution in [1.29, 1.82) is 0 Å². The lowest BCUT2D eigenvalue weighted by molar-refractivity contribution is 0.455. The molecule has 1 atom stereocenters. The van der Waals surface area contributed by atoms with Crippen LogP contribution in [0.2, 0.25) is 0 Å². The summed E-state index contributed by atoms with van der Waals surface area (Å²) in [6, 6.07) is 4.38. The first-order valence-corrected chi connectivity index (χ1v) is 6.72. The Morgan fingerprint density at radius 2 is 2.25 bits per heavy atom. The van der Waals surface area contributed by atoms with Gasteiger partial charge < -0.3 is 10.4 Å². The molecule has 1 rings (SSSR count). The van der Waals surface area contributed by atoms with Crippen LogP contribution in [0.15, 0.2) is 18.2 Å². The van der Waals surface area contributed by atoms with Gasteiger partial charge in [0.25, 0.3) is 0 Å². The van der Waals surface area contributed by atoms with Crippen LogP contribution in [-0.2, 0) is 6.54 Å². The number of rotatable bonds is 6. The molecule has 0 aliphatic carbocycles. The maximum absolute atomic E-state index is 12.9. The molecule has 1 aromatic rings. The van der Waals surface area contributed by atoms with Crippen LogP contribution < -0.4 is 5.32 Å². The second-order valence-corrected chi connectivity index (χ2v) is 4.82. The van der Waals surface area contributed by atoms with E-state index in [-0.39, 0.29) is 11.6 Å². The second-order valence-electron chi connectivity index (χ2n) is 3.84. The lowest BCUT2D eigenvalue weighted by atomic mass is 10.1. The Kier molecular flexibility index (Phi) is 5.63. The van der Waals surface area contributed by atoms with E-state index in [1.54, 1.807) is 0 Å². The minimum atomic E-state index is -0.314. The molecule has 0 aromatic heterocycles. The average molecular weight is 243 g/mol. The molecule has 0 amide bonds. The zero-order valence-electron chi connectivity index (χ0n) is 9.66. The Balaban J connectivity index is 2.44. The van der Waals surface area contributed by atoms with Gasteiger partial charge in [-0.15, -0.1) is 0 Å². The topological polar surface area (TPSA) is 32.3 Å². The van der Waals surface area contributed by atoms with Gasteiger partial charge in [-0.25, -0.2) is 4.39 Å². The van der Waals surface area contributed by atoms with E-state index in [0.717, 1.165) is 12.2 Å². The summed E-state index contributed by atoms with van der Waals surface area (Å²) in [5.41, 5.74) is 0.607. The number of nitrogens with one attached hydrogen (secondary N) is 1. The standard InChI is InChI=1S/C12H18FNOS/c1-9(5-6-16-2)14-8-10-7-11(13)3-4-12(10)15/h3-4,7,9,14-15H,5-6,8H2,1-2H3. The highest BCUT2D eigenvalue weighted by atomic mass is 32.2. The number of hydrogen-bond donors (Lipinski definition) is 2. The number of phenols is 1. The molecule has 0 bridgehead atoms. The Hall–Kier alpha value is -0.740. The van der Waals surface area contributed by atoms with Crippen LogP contribution in [0, 0.1) is 5.82 Å². The molecule has 16 heavy (non-hydrogen) atoms. The predicted octanol–water partition coefficient (Wildman–Crippen LogP) is 2.76. The number of phenolic OH excluding ortho intramolecular Hbond substituents is 1. The molecular formula is C12H18FNOS. The summed E-state index contributed by atoms with van der Waals surface area (Å²) in [5, 5.41) is 12.8. The van der Waals surface area contributed by atoms with E-state index >= 15 is 0 Å². The molecule has 0 saturated heterocycles. The van der Waals surface area contributed by atoms with Gasteiger partial charge in [0.05, 0.1) is 0 Å². The van der Waals surface area contributed by atoms with E-state index in [9.17, 15) is 9.50 Å². The molecule has 0 fully saturated rings. The van der Waals surface area contributed by atoms with E-state index in [4.69, 9.17) is 0 Å². The number of hydrogen-bond acceptors (Lipinski definition) is 3. The third-order valence-corrected chi connectivity index (χ3v) is 3.08. The first-order chi connectivity index (χ1) is 7.63. The number of halogens is 1. The van der Waals surface area contributed by atoms with E-state index in [2.05, 4.69) is 18.5 Å². The highest BCUT2D eigenvalue weighted by molar-refractivity contribution is 7.98. The summed E-state index contributed by atoms with van der Waals surface area (Å²) in [4.78, 5) is 0. The van der Waals surface area contributed by atoms with Gasteiger partial charge in [-0.3, -0.25) is 0 Å². The van der Waals surface area contributed by atoms with Gasteiger partial charge in [-0.1, -0.05) is 0 Å². The largest absolute Gasteiger partial charge is 0.508 e. The molecule has 2 N–H and O–H groups in total. The fourth-order valence-corrected chi connectivity index (χ4v) is 1.97. The average Bonchev–Trinajstić information content (AvgIpc) is 2.27. The van der Waals surface area contributed by atoms with Crippen LogP contribution in [0.25, 0.3) is 0 Å². The number of thioether (sulfide) groups is 1.